The first-order valence-corrected chi connectivity index (χ1v) is 5.78. The van der Waals surface area contributed by atoms with Gasteiger partial charge in [0.1, 0.15) is 6.10 Å². The highest BCUT2D eigenvalue weighted by Crippen LogP contribution is 2.02. The topological polar surface area (TPSA) is 114 Å². The number of aliphatic hydroxyl groups is 1. The molecule has 14 heavy (non-hydrogen) atoms. The number of thiol groups is 1. The number of guanidine groups is 1. The Bertz CT molecular complexity index is 208. The van der Waals surface area contributed by atoms with E-state index in [1.165, 1.54) is 0 Å². The van der Waals surface area contributed by atoms with Crippen molar-refractivity contribution < 1.29 is 9.90 Å². The summed E-state index contributed by atoms with van der Waals surface area (Å²) in [5.74, 6) is -0.454. The van der Waals surface area contributed by atoms with Gasteiger partial charge in [0.25, 0.3) is 5.91 Å². The van der Waals surface area contributed by atoms with E-state index in [0.29, 0.717) is 19.4 Å². The maximum atomic E-state index is 11.0. The van der Waals surface area contributed by atoms with Gasteiger partial charge in [-0.3, -0.25) is 14.5 Å². The maximum absolute atomic E-state index is 11.0. The van der Waals surface area contributed by atoms with Crippen molar-refractivity contribution >= 4 is 34.5 Å². The molecule has 0 fully saturated rings. The summed E-state index contributed by atoms with van der Waals surface area (Å²) in [4.78, 5) is 14.7. The van der Waals surface area contributed by atoms with Crippen molar-refractivity contribution in [1.29, 1.82) is 0 Å². The predicted octanol–water partition coefficient (Wildman–Crippen LogP) is -0.990. The number of nitrogens with two attached hydrogens (primary N) is 2. The van der Waals surface area contributed by atoms with Gasteiger partial charge in [-0.05, 0) is 12.8 Å². The van der Waals surface area contributed by atoms with Crippen LogP contribution in [0.1, 0.15) is 12.8 Å². The van der Waals surface area contributed by atoms with E-state index in [1.807, 2.05) is 0 Å². The van der Waals surface area contributed by atoms with E-state index in [9.17, 15) is 9.90 Å². The Labute approximate surface area is 91.5 Å². The van der Waals surface area contributed by atoms with Crippen molar-refractivity contribution in [2.45, 2.75) is 18.9 Å². The van der Waals surface area contributed by atoms with E-state index >= 15 is 0 Å². The molecule has 1 unspecified atom stereocenters. The van der Waals surface area contributed by atoms with Crippen molar-refractivity contribution in [1.82, 2.24) is 4.72 Å². The fourth-order valence-electron chi connectivity index (χ4n) is 0.737. The summed E-state index contributed by atoms with van der Waals surface area (Å²) in [6, 6.07) is 0. The van der Waals surface area contributed by atoms with Gasteiger partial charge in [-0.25, -0.2) is 0 Å². The standard InChI is InChI=1S/C6H14N4O2S2/c7-6(8)9-3-1-2-4(11)5(12)10-14-13/h4,11,13H,1-3H2,(H,10,12)(H4,7,8,9). The smallest absolute Gasteiger partial charge is 0.259 e. The number of carbonyl (C=O) groups is 1. The van der Waals surface area contributed by atoms with E-state index < -0.39 is 12.0 Å². The fraction of sp³-hybridized carbons (Fsp3) is 0.667. The van der Waals surface area contributed by atoms with Gasteiger partial charge < -0.3 is 16.6 Å². The minimum Gasteiger partial charge on any atom is -0.383 e. The highest BCUT2D eigenvalue weighted by Gasteiger charge is 2.13. The molecule has 0 aromatic heterocycles. The van der Waals surface area contributed by atoms with Gasteiger partial charge in [-0.15, -0.1) is 0 Å². The van der Waals surface area contributed by atoms with Crippen LogP contribution in [-0.2, 0) is 4.79 Å². The second-order valence-corrected chi connectivity index (χ2v) is 3.46. The summed E-state index contributed by atoms with van der Waals surface area (Å²) < 4.78 is 2.30. The summed E-state index contributed by atoms with van der Waals surface area (Å²) in [6.07, 6.45) is -0.176. The Morgan fingerprint density at radius 3 is 2.79 bits per heavy atom. The number of rotatable bonds is 6. The minimum atomic E-state index is -1.04. The molecule has 1 atom stereocenters. The van der Waals surface area contributed by atoms with E-state index in [-0.39, 0.29) is 5.96 Å². The highest BCUT2D eigenvalue weighted by atomic mass is 33.1. The molecule has 6 nitrogen and oxygen atoms in total. The van der Waals surface area contributed by atoms with Crippen molar-refractivity contribution in [3.05, 3.63) is 0 Å². The molecule has 0 rings (SSSR count). The van der Waals surface area contributed by atoms with Gasteiger partial charge in [-0.2, -0.15) is 0 Å². The van der Waals surface area contributed by atoms with Crippen LogP contribution in [0.4, 0.5) is 0 Å². The minimum absolute atomic E-state index is 0.00913. The van der Waals surface area contributed by atoms with Crippen LogP contribution in [0.3, 0.4) is 0 Å². The lowest BCUT2D eigenvalue weighted by Gasteiger charge is -2.07. The Hall–Kier alpha value is -0.600. The molecule has 1 amide bonds. The first-order chi connectivity index (χ1) is 6.57. The zero-order chi connectivity index (χ0) is 11.0. The molecule has 82 valence electrons. The number of hydrogen-bond acceptors (Lipinski definition) is 5. The van der Waals surface area contributed by atoms with Crippen LogP contribution in [0, 0.1) is 0 Å². The van der Waals surface area contributed by atoms with Crippen LogP contribution in [0.5, 0.6) is 0 Å². The molecular formula is C6H14N4O2S2. The van der Waals surface area contributed by atoms with Crippen LogP contribution < -0.4 is 16.2 Å². The van der Waals surface area contributed by atoms with Crippen molar-refractivity contribution in [3.8, 4) is 0 Å². The lowest BCUT2D eigenvalue weighted by atomic mass is 10.2. The molecule has 0 aliphatic carbocycles. The first-order valence-electron chi connectivity index (χ1n) is 3.91. The summed E-state index contributed by atoms with van der Waals surface area (Å²) in [6.45, 7) is 0.403. The van der Waals surface area contributed by atoms with Crippen LogP contribution in [0.15, 0.2) is 4.99 Å². The quantitative estimate of drug-likeness (QED) is 0.102. The number of aliphatic imine (C=N–C) groups is 1. The van der Waals surface area contributed by atoms with Crippen molar-refractivity contribution in [2.24, 2.45) is 16.5 Å². The number of nitrogens with one attached hydrogen (secondary N) is 1. The SMILES string of the molecule is NC(N)=NCCCC(O)C(=O)NSS. The van der Waals surface area contributed by atoms with Gasteiger partial charge >= 0.3 is 0 Å². The molecular weight excluding hydrogens is 224 g/mol. The summed E-state index contributed by atoms with van der Waals surface area (Å²) in [7, 11) is 0.850. The number of amides is 1. The summed E-state index contributed by atoms with van der Waals surface area (Å²) in [5.41, 5.74) is 10.2. The Morgan fingerprint density at radius 2 is 2.29 bits per heavy atom. The molecule has 8 heteroatoms. The van der Waals surface area contributed by atoms with Gasteiger partial charge in [0.05, 0.1) is 0 Å². The number of carbonyl (C=O) groups excluding carboxylic acids is 1. The van der Waals surface area contributed by atoms with Crippen LogP contribution in [-0.4, -0.2) is 29.6 Å². The van der Waals surface area contributed by atoms with Crippen LogP contribution in [0.2, 0.25) is 0 Å². The van der Waals surface area contributed by atoms with Crippen LogP contribution >= 0.6 is 22.6 Å². The van der Waals surface area contributed by atoms with Gasteiger partial charge in [-0.1, -0.05) is 11.7 Å². The third kappa shape index (κ3) is 6.87. The Morgan fingerprint density at radius 1 is 1.64 bits per heavy atom. The number of nitrogens with zero attached hydrogens (tertiary/aromatic N) is 1. The molecule has 0 bridgehead atoms. The molecule has 0 aliphatic heterocycles. The Kier molecular flexibility index (Phi) is 7.44. The maximum Gasteiger partial charge on any atom is 0.259 e. The molecule has 0 spiro atoms. The third-order valence-corrected chi connectivity index (χ3v) is 1.95. The van der Waals surface area contributed by atoms with Crippen LogP contribution in [0.25, 0.3) is 0 Å². The lowest BCUT2D eigenvalue weighted by Crippen LogP contribution is -2.29. The molecule has 0 aromatic carbocycles. The van der Waals surface area contributed by atoms with Crippen molar-refractivity contribution in [3.63, 3.8) is 0 Å². The monoisotopic (exact) mass is 238 g/mol. The fourth-order valence-corrected chi connectivity index (χ4v) is 1.23. The van der Waals surface area contributed by atoms with E-state index in [0.717, 1.165) is 11.0 Å². The number of aliphatic hydroxyl groups excluding tert-OH is 1. The second kappa shape index (κ2) is 7.77. The van der Waals surface area contributed by atoms with Gasteiger partial charge in [0.2, 0.25) is 0 Å². The summed E-state index contributed by atoms with van der Waals surface area (Å²) >= 11 is 3.71. The normalized spacial score (nSPS) is 11.9. The Balaban J connectivity index is 3.58. The third-order valence-electron chi connectivity index (χ3n) is 1.38. The zero-order valence-electron chi connectivity index (χ0n) is 7.51. The highest BCUT2D eigenvalue weighted by molar-refractivity contribution is 8.68. The lowest BCUT2D eigenvalue weighted by molar-refractivity contribution is -0.127. The van der Waals surface area contributed by atoms with E-state index in [4.69, 9.17) is 11.5 Å². The average molecular weight is 238 g/mol. The van der Waals surface area contributed by atoms with Gasteiger partial charge in [0.15, 0.2) is 5.96 Å². The van der Waals surface area contributed by atoms with Gasteiger partial charge in [0, 0.05) is 17.5 Å². The molecule has 0 aliphatic rings. The average Bonchev–Trinajstić information content (AvgIpc) is 2.12. The largest absolute Gasteiger partial charge is 0.383 e. The zero-order valence-corrected chi connectivity index (χ0v) is 9.22. The molecule has 0 radical (unpaired) electrons. The van der Waals surface area contributed by atoms with E-state index in [1.54, 1.807) is 0 Å². The number of hydrogen-bond donors (Lipinski definition) is 5. The first kappa shape index (κ1) is 13.4. The second-order valence-electron chi connectivity index (χ2n) is 2.52. The molecule has 0 saturated carbocycles. The van der Waals surface area contributed by atoms with E-state index in [2.05, 4.69) is 21.4 Å². The molecule has 0 saturated heterocycles. The predicted molar refractivity (Wildman–Crippen MR) is 60.6 cm³/mol. The summed E-state index contributed by atoms with van der Waals surface area (Å²) in [5, 5.41) is 9.24. The van der Waals surface area contributed by atoms with Crippen molar-refractivity contribution in [2.75, 3.05) is 6.54 Å². The molecule has 0 heterocycles. The molecule has 6 N–H and O–H groups in total. The molecule has 0 aromatic rings.